The zero-order chi connectivity index (χ0) is 20.5. The number of amides is 1. The van der Waals surface area contributed by atoms with Gasteiger partial charge in [-0.05, 0) is 36.6 Å². The predicted octanol–water partition coefficient (Wildman–Crippen LogP) is 5.24. The van der Waals surface area contributed by atoms with Gasteiger partial charge in [0.1, 0.15) is 0 Å². The SMILES string of the molecule is CCOCCn1c(=NC(=O)c2ccc3ncsc3c2)sc2c3ccccc3ccc21. The highest BCUT2D eigenvalue weighted by molar-refractivity contribution is 7.17. The predicted molar refractivity (Wildman–Crippen MR) is 123 cm³/mol. The first-order valence-corrected chi connectivity index (χ1v) is 11.5. The van der Waals surface area contributed by atoms with Gasteiger partial charge in [-0.15, -0.1) is 11.3 Å². The van der Waals surface area contributed by atoms with Gasteiger partial charge in [-0.3, -0.25) is 4.79 Å². The van der Waals surface area contributed by atoms with Crippen LogP contribution in [0.25, 0.3) is 31.2 Å². The fraction of sp³-hybridized carbons (Fsp3) is 0.174. The smallest absolute Gasteiger partial charge is 0.279 e. The molecule has 0 saturated carbocycles. The molecule has 0 N–H and O–H groups in total. The Morgan fingerprint density at radius 2 is 2.07 bits per heavy atom. The molecule has 30 heavy (non-hydrogen) atoms. The van der Waals surface area contributed by atoms with Crippen molar-refractivity contribution < 1.29 is 9.53 Å². The Hall–Kier alpha value is -2.87. The Morgan fingerprint density at radius 1 is 1.17 bits per heavy atom. The molecular weight excluding hydrogens is 414 g/mol. The molecule has 0 spiro atoms. The van der Waals surface area contributed by atoms with Crippen LogP contribution in [0.5, 0.6) is 0 Å². The maximum absolute atomic E-state index is 13.0. The minimum absolute atomic E-state index is 0.244. The Balaban J connectivity index is 1.66. The average molecular weight is 434 g/mol. The molecule has 0 atom stereocenters. The van der Waals surface area contributed by atoms with Gasteiger partial charge >= 0.3 is 0 Å². The molecule has 0 saturated heterocycles. The van der Waals surface area contributed by atoms with E-state index in [1.807, 2.05) is 31.2 Å². The molecular formula is C23H19N3O2S2. The molecule has 2 heterocycles. The van der Waals surface area contributed by atoms with Crippen LogP contribution in [0.15, 0.2) is 65.1 Å². The Kier molecular flexibility index (Phi) is 5.16. The largest absolute Gasteiger partial charge is 0.380 e. The maximum Gasteiger partial charge on any atom is 0.279 e. The van der Waals surface area contributed by atoms with Crippen LogP contribution in [0.4, 0.5) is 0 Å². The Labute approximate surface area is 180 Å². The van der Waals surface area contributed by atoms with E-state index in [2.05, 4.69) is 38.8 Å². The van der Waals surface area contributed by atoms with Crippen LogP contribution in [0, 0.1) is 0 Å². The van der Waals surface area contributed by atoms with Crippen molar-refractivity contribution in [3.63, 3.8) is 0 Å². The highest BCUT2D eigenvalue weighted by Gasteiger charge is 2.12. The van der Waals surface area contributed by atoms with Gasteiger partial charge in [-0.25, -0.2) is 4.98 Å². The van der Waals surface area contributed by atoms with Gasteiger partial charge in [0.05, 0.1) is 32.6 Å². The van der Waals surface area contributed by atoms with E-state index >= 15 is 0 Å². The standard InChI is InChI=1S/C23H19N3O2S2/c1-2-28-12-11-26-19-10-8-15-5-3-4-6-17(15)21(19)30-23(26)25-22(27)16-7-9-18-20(13-16)29-14-24-18/h3-10,13-14H,2,11-12H2,1H3. The van der Waals surface area contributed by atoms with Gasteiger partial charge < -0.3 is 9.30 Å². The van der Waals surface area contributed by atoms with Crippen LogP contribution in [0.1, 0.15) is 17.3 Å². The van der Waals surface area contributed by atoms with Crippen molar-refractivity contribution in [1.29, 1.82) is 0 Å². The van der Waals surface area contributed by atoms with Gasteiger partial charge in [0, 0.05) is 24.1 Å². The molecule has 0 aliphatic carbocycles. The van der Waals surface area contributed by atoms with Crippen LogP contribution in [0.2, 0.25) is 0 Å². The minimum Gasteiger partial charge on any atom is -0.380 e. The molecule has 5 rings (SSSR count). The van der Waals surface area contributed by atoms with Crippen molar-refractivity contribution in [2.45, 2.75) is 13.5 Å². The van der Waals surface area contributed by atoms with E-state index in [0.717, 1.165) is 20.4 Å². The summed E-state index contributed by atoms with van der Waals surface area (Å²) in [5.74, 6) is -0.244. The summed E-state index contributed by atoms with van der Waals surface area (Å²) in [6.45, 7) is 3.86. The summed E-state index contributed by atoms with van der Waals surface area (Å²) < 4.78 is 9.79. The Morgan fingerprint density at radius 3 is 2.97 bits per heavy atom. The van der Waals surface area contributed by atoms with Crippen molar-refractivity contribution in [1.82, 2.24) is 9.55 Å². The number of nitrogens with zero attached hydrogens (tertiary/aromatic N) is 3. The summed E-state index contributed by atoms with van der Waals surface area (Å²) in [7, 11) is 0. The molecule has 0 bridgehead atoms. The highest BCUT2D eigenvalue weighted by atomic mass is 32.1. The first kappa shape index (κ1) is 19.1. The quantitative estimate of drug-likeness (QED) is 0.356. The normalized spacial score (nSPS) is 12.4. The van der Waals surface area contributed by atoms with Crippen molar-refractivity contribution in [3.05, 3.63) is 70.5 Å². The third-order valence-corrected chi connectivity index (χ3v) is 6.93. The lowest BCUT2D eigenvalue weighted by molar-refractivity contribution is 0.0997. The number of thiazole rings is 2. The number of hydrogen-bond donors (Lipinski definition) is 0. The monoisotopic (exact) mass is 433 g/mol. The summed E-state index contributed by atoms with van der Waals surface area (Å²) in [4.78, 5) is 22.5. The number of ether oxygens (including phenoxy) is 1. The summed E-state index contributed by atoms with van der Waals surface area (Å²) in [6.07, 6.45) is 0. The van der Waals surface area contributed by atoms with Crippen molar-refractivity contribution in [3.8, 4) is 0 Å². The van der Waals surface area contributed by atoms with Crippen molar-refractivity contribution in [2.75, 3.05) is 13.2 Å². The number of rotatable bonds is 5. The van der Waals surface area contributed by atoms with Gasteiger partial charge in [0.15, 0.2) is 4.80 Å². The lowest BCUT2D eigenvalue weighted by Crippen LogP contribution is -2.19. The van der Waals surface area contributed by atoms with Gasteiger partial charge in [0.2, 0.25) is 0 Å². The lowest BCUT2D eigenvalue weighted by Gasteiger charge is -2.06. The number of benzene rings is 3. The summed E-state index contributed by atoms with van der Waals surface area (Å²) in [5, 5.41) is 2.35. The van der Waals surface area contributed by atoms with Crippen LogP contribution in [-0.2, 0) is 11.3 Å². The first-order valence-electron chi connectivity index (χ1n) is 9.76. The lowest BCUT2D eigenvalue weighted by atomic mass is 10.1. The van der Waals surface area contributed by atoms with Crippen LogP contribution >= 0.6 is 22.7 Å². The first-order chi connectivity index (χ1) is 14.7. The van der Waals surface area contributed by atoms with E-state index in [0.29, 0.717) is 30.1 Å². The van der Waals surface area contributed by atoms with Crippen LogP contribution in [-0.4, -0.2) is 28.7 Å². The molecule has 0 unspecified atom stereocenters. The molecule has 5 nitrogen and oxygen atoms in total. The summed E-state index contributed by atoms with van der Waals surface area (Å²) >= 11 is 3.07. The zero-order valence-electron chi connectivity index (χ0n) is 16.4. The van der Waals surface area contributed by atoms with Gasteiger partial charge in [-0.2, -0.15) is 4.99 Å². The van der Waals surface area contributed by atoms with Gasteiger partial charge in [-0.1, -0.05) is 41.7 Å². The molecule has 0 fully saturated rings. The topological polar surface area (TPSA) is 56.5 Å². The molecule has 0 aliphatic rings. The van der Waals surface area contributed by atoms with E-state index in [-0.39, 0.29) is 5.91 Å². The fourth-order valence-corrected chi connectivity index (χ4v) is 5.45. The van der Waals surface area contributed by atoms with E-state index in [9.17, 15) is 4.79 Å². The van der Waals surface area contributed by atoms with Crippen LogP contribution < -0.4 is 4.80 Å². The second-order valence-corrected chi connectivity index (χ2v) is 8.68. The minimum atomic E-state index is -0.244. The number of aromatic nitrogens is 2. The second-order valence-electron chi connectivity index (χ2n) is 6.82. The molecule has 3 aromatic carbocycles. The number of carbonyl (C=O) groups excluding carboxylic acids is 1. The highest BCUT2D eigenvalue weighted by Crippen LogP contribution is 2.28. The number of carbonyl (C=O) groups is 1. The molecule has 5 aromatic rings. The van der Waals surface area contributed by atoms with Crippen LogP contribution in [0.3, 0.4) is 0 Å². The number of fused-ring (bicyclic) bond motifs is 4. The van der Waals surface area contributed by atoms with Crippen molar-refractivity contribution in [2.24, 2.45) is 4.99 Å². The summed E-state index contributed by atoms with van der Waals surface area (Å²) in [5.41, 5.74) is 4.33. The van der Waals surface area contributed by atoms with E-state index in [1.54, 1.807) is 22.9 Å². The maximum atomic E-state index is 13.0. The third-order valence-electron chi connectivity index (χ3n) is 5.01. The van der Waals surface area contributed by atoms with E-state index < -0.39 is 0 Å². The molecule has 0 radical (unpaired) electrons. The molecule has 7 heteroatoms. The molecule has 2 aromatic heterocycles. The third kappa shape index (κ3) is 3.45. The zero-order valence-corrected chi connectivity index (χ0v) is 18.0. The Bertz CT molecular complexity index is 1450. The second kappa shape index (κ2) is 8.10. The molecule has 1 amide bonds. The van der Waals surface area contributed by atoms with Gasteiger partial charge in [0.25, 0.3) is 5.91 Å². The fourth-order valence-electron chi connectivity index (χ4n) is 3.54. The van der Waals surface area contributed by atoms with Crippen molar-refractivity contribution >= 4 is 59.8 Å². The molecule has 0 aliphatic heterocycles. The average Bonchev–Trinajstić information content (AvgIpc) is 3.38. The summed E-state index contributed by atoms with van der Waals surface area (Å²) in [6, 6.07) is 18.0. The van der Waals surface area contributed by atoms with E-state index in [1.165, 1.54) is 22.1 Å². The number of hydrogen-bond acceptors (Lipinski definition) is 5. The molecule has 150 valence electrons. The van der Waals surface area contributed by atoms with E-state index in [4.69, 9.17) is 4.74 Å².